The lowest BCUT2D eigenvalue weighted by Crippen LogP contribution is -2.02. The Kier molecular flexibility index (Phi) is 2.07. The highest BCUT2D eigenvalue weighted by molar-refractivity contribution is 6.02. The Hall–Kier alpha value is -2.04. The molecule has 0 bridgehead atoms. The van der Waals surface area contributed by atoms with E-state index in [0.29, 0.717) is 11.0 Å². The van der Waals surface area contributed by atoms with Crippen molar-refractivity contribution >= 4 is 22.7 Å². The van der Waals surface area contributed by atoms with Gasteiger partial charge in [0.2, 0.25) is 0 Å². The van der Waals surface area contributed by atoms with Crippen LogP contribution in [0.1, 0.15) is 10.4 Å². The van der Waals surface area contributed by atoms with Gasteiger partial charge in [0.1, 0.15) is 0 Å². The van der Waals surface area contributed by atoms with Crippen LogP contribution in [0.4, 0.5) is 5.69 Å². The van der Waals surface area contributed by atoms with Gasteiger partial charge >= 0.3 is 5.97 Å². The number of aryl methyl sites for hydroxylation is 1. The maximum atomic E-state index is 11.1. The summed E-state index contributed by atoms with van der Waals surface area (Å²) in [6.07, 6.45) is 1.61. The van der Waals surface area contributed by atoms with Gasteiger partial charge in [0.25, 0.3) is 0 Å². The molecule has 15 heavy (non-hydrogen) atoms. The SMILES string of the molecule is CNc1cc(C(=O)O)c2c(c1)ncn2C. The minimum Gasteiger partial charge on any atom is -0.478 e. The molecule has 5 nitrogen and oxygen atoms in total. The molecule has 0 amide bonds. The first-order chi connectivity index (χ1) is 7.13. The molecule has 0 radical (unpaired) electrons. The van der Waals surface area contributed by atoms with E-state index in [4.69, 9.17) is 5.11 Å². The minimum absolute atomic E-state index is 0.261. The zero-order chi connectivity index (χ0) is 11.0. The number of rotatable bonds is 2. The van der Waals surface area contributed by atoms with E-state index >= 15 is 0 Å². The molecular formula is C10H11N3O2. The lowest BCUT2D eigenvalue weighted by atomic mass is 10.1. The molecule has 0 aliphatic rings. The molecule has 1 heterocycles. The fourth-order valence-corrected chi connectivity index (χ4v) is 1.60. The number of aromatic nitrogens is 2. The standard InChI is InChI=1S/C10H11N3O2/c1-11-6-3-7(10(14)15)9-8(4-6)12-5-13(9)2/h3-5,11H,1-2H3,(H,14,15). The molecule has 0 saturated heterocycles. The van der Waals surface area contributed by atoms with Crippen LogP contribution in [0, 0.1) is 0 Å². The van der Waals surface area contributed by atoms with E-state index in [1.54, 1.807) is 31.1 Å². The van der Waals surface area contributed by atoms with Gasteiger partial charge in [-0.1, -0.05) is 0 Å². The highest BCUT2D eigenvalue weighted by Crippen LogP contribution is 2.22. The number of benzene rings is 1. The molecule has 5 heteroatoms. The number of anilines is 1. The van der Waals surface area contributed by atoms with Crippen LogP contribution in [-0.2, 0) is 7.05 Å². The van der Waals surface area contributed by atoms with Gasteiger partial charge in [-0.05, 0) is 12.1 Å². The third-order valence-electron chi connectivity index (χ3n) is 2.33. The first kappa shape index (κ1) is 9.51. The van der Waals surface area contributed by atoms with Gasteiger partial charge in [-0.25, -0.2) is 9.78 Å². The maximum Gasteiger partial charge on any atom is 0.337 e. The van der Waals surface area contributed by atoms with Crippen LogP contribution < -0.4 is 5.32 Å². The van der Waals surface area contributed by atoms with Gasteiger partial charge < -0.3 is 15.0 Å². The molecule has 0 aliphatic carbocycles. The normalized spacial score (nSPS) is 10.5. The van der Waals surface area contributed by atoms with Gasteiger partial charge in [0.15, 0.2) is 0 Å². The number of carboxylic acids is 1. The predicted molar refractivity (Wildman–Crippen MR) is 57.2 cm³/mol. The Labute approximate surface area is 86.4 Å². The number of carboxylic acid groups (broad SMARTS) is 1. The zero-order valence-electron chi connectivity index (χ0n) is 8.48. The summed E-state index contributed by atoms with van der Waals surface area (Å²) in [5.74, 6) is -0.944. The lowest BCUT2D eigenvalue weighted by Gasteiger charge is -2.04. The van der Waals surface area contributed by atoms with Crippen LogP contribution in [0.25, 0.3) is 11.0 Å². The van der Waals surface area contributed by atoms with Gasteiger partial charge in [0, 0.05) is 19.8 Å². The molecule has 0 spiro atoms. The third-order valence-corrected chi connectivity index (χ3v) is 2.33. The van der Waals surface area contributed by atoms with Crippen LogP contribution in [0.5, 0.6) is 0 Å². The van der Waals surface area contributed by atoms with Crippen molar-refractivity contribution in [1.29, 1.82) is 0 Å². The maximum absolute atomic E-state index is 11.1. The van der Waals surface area contributed by atoms with E-state index in [-0.39, 0.29) is 5.56 Å². The number of fused-ring (bicyclic) bond motifs is 1. The Morgan fingerprint density at radius 3 is 2.87 bits per heavy atom. The smallest absolute Gasteiger partial charge is 0.337 e. The number of hydrogen-bond donors (Lipinski definition) is 2. The predicted octanol–water partition coefficient (Wildman–Crippen LogP) is 1.31. The number of nitrogens with zero attached hydrogens (tertiary/aromatic N) is 2. The quantitative estimate of drug-likeness (QED) is 0.775. The van der Waals surface area contributed by atoms with Crippen LogP contribution in [0.15, 0.2) is 18.5 Å². The van der Waals surface area contributed by atoms with Crippen molar-refractivity contribution in [3.8, 4) is 0 Å². The molecule has 0 unspecified atom stereocenters. The van der Waals surface area contributed by atoms with Crippen LogP contribution in [0.3, 0.4) is 0 Å². The topological polar surface area (TPSA) is 67.2 Å². The number of hydrogen-bond acceptors (Lipinski definition) is 3. The third kappa shape index (κ3) is 1.41. The molecule has 1 aromatic heterocycles. The Balaban J connectivity index is 2.83. The number of aromatic carboxylic acids is 1. The van der Waals surface area contributed by atoms with E-state index < -0.39 is 5.97 Å². The van der Waals surface area contributed by atoms with Gasteiger partial charge in [-0.3, -0.25) is 0 Å². The van der Waals surface area contributed by atoms with Crippen LogP contribution in [0.2, 0.25) is 0 Å². The van der Waals surface area contributed by atoms with E-state index in [9.17, 15) is 4.79 Å². The Morgan fingerprint density at radius 2 is 2.27 bits per heavy atom. The summed E-state index contributed by atoms with van der Waals surface area (Å²) in [5, 5.41) is 12.0. The first-order valence-electron chi connectivity index (χ1n) is 4.49. The highest BCUT2D eigenvalue weighted by atomic mass is 16.4. The molecule has 0 aliphatic heterocycles. The van der Waals surface area contributed by atoms with Crippen molar-refractivity contribution in [2.75, 3.05) is 12.4 Å². The average Bonchev–Trinajstić information content (AvgIpc) is 2.59. The van der Waals surface area contributed by atoms with Gasteiger partial charge in [0.05, 0.1) is 22.9 Å². The van der Waals surface area contributed by atoms with Crippen molar-refractivity contribution in [1.82, 2.24) is 9.55 Å². The second-order valence-electron chi connectivity index (χ2n) is 3.30. The van der Waals surface area contributed by atoms with Crippen molar-refractivity contribution in [3.05, 3.63) is 24.0 Å². The fraction of sp³-hybridized carbons (Fsp3) is 0.200. The Bertz CT molecular complexity index is 531. The lowest BCUT2D eigenvalue weighted by molar-refractivity contribution is 0.0698. The van der Waals surface area contributed by atoms with Crippen molar-refractivity contribution < 1.29 is 9.90 Å². The first-order valence-corrected chi connectivity index (χ1v) is 4.49. The number of imidazole rings is 1. The molecule has 0 fully saturated rings. The van der Waals surface area contributed by atoms with Gasteiger partial charge in [-0.15, -0.1) is 0 Å². The average molecular weight is 205 g/mol. The summed E-state index contributed by atoms with van der Waals surface area (Å²) in [5.41, 5.74) is 2.33. The van der Waals surface area contributed by atoms with Crippen molar-refractivity contribution in [2.24, 2.45) is 7.05 Å². The summed E-state index contributed by atoms with van der Waals surface area (Å²) in [6.45, 7) is 0. The van der Waals surface area contributed by atoms with E-state index in [1.165, 1.54) is 0 Å². The molecule has 78 valence electrons. The largest absolute Gasteiger partial charge is 0.478 e. The second-order valence-corrected chi connectivity index (χ2v) is 3.30. The summed E-state index contributed by atoms with van der Waals surface area (Å²) >= 11 is 0. The summed E-state index contributed by atoms with van der Waals surface area (Å²) in [7, 11) is 3.52. The zero-order valence-corrected chi connectivity index (χ0v) is 8.48. The molecule has 2 aromatic rings. The summed E-state index contributed by atoms with van der Waals surface area (Å²) < 4.78 is 1.71. The molecule has 1 aromatic carbocycles. The molecule has 0 saturated carbocycles. The van der Waals surface area contributed by atoms with E-state index in [0.717, 1.165) is 5.69 Å². The second kappa shape index (κ2) is 3.27. The fourth-order valence-electron chi connectivity index (χ4n) is 1.60. The summed E-state index contributed by atoms with van der Waals surface area (Å²) in [6, 6.07) is 3.42. The van der Waals surface area contributed by atoms with Crippen LogP contribution in [-0.4, -0.2) is 27.7 Å². The molecule has 2 N–H and O–H groups in total. The van der Waals surface area contributed by atoms with Gasteiger partial charge in [-0.2, -0.15) is 0 Å². The molecule has 2 rings (SSSR count). The van der Waals surface area contributed by atoms with E-state index in [1.807, 2.05) is 6.07 Å². The Morgan fingerprint density at radius 1 is 1.53 bits per heavy atom. The van der Waals surface area contributed by atoms with Crippen molar-refractivity contribution in [3.63, 3.8) is 0 Å². The van der Waals surface area contributed by atoms with Crippen molar-refractivity contribution in [2.45, 2.75) is 0 Å². The molecule has 0 atom stereocenters. The monoisotopic (exact) mass is 205 g/mol. The molecular weight excluding hydrogens is 194 g/mol. The summed E-state index contributed by atoms with van der Waals surface area (Å²) in [4.78, 5) is 15.2. The van der Waals surface area contributed by atoms with E-state index in [2.05, 4.69) is 10.3 Å². The minimum atomic E-state index is -0.944. The number of nitrogens with one attached hydrogen (secondary N) is 1. The van der Waals surface area contributed by atoms with Crippen LogP contribution >= 0.6 is 0 Å². The number of carbonyl (C=O) groups is 1. The highest BCUT2D eigenvalue weighted by Gasteiger charge is 2.13.